The Kier molecular flexibility index (Phi) is 9.34. The number of halogens is 4. The standard InChI is InChI=1S/C26H24Cl3FN2O2/c1-2-31-26(34)24(13-17-7-4-3-5-8-17)32(16-18-11-12-19(27)14-22(18)29)25(33)15-20-21(28)9-6-10-23(20)30/h3-12,14,24H,2,13,15-16H2,1H3,(H,31,34)/t24-/m1/s1. The number of hydrogen-bond donors (Lipinski definition) is 1. The zero-order chi connectivity index (χ0) is 24.7. The van der Waals surface area contributed by atoms with Gasteiger partial charge in [0, 0.05) is 40.1 Å². The minimum Gasteiger partial charge on any atom is -0.355 e. The molecule has 0 heterocycles. The predicted molar refractivity (Wildman–Crippen MR) is 135 cm³/mol. The summed E-state index contributed by atoms with van der Waals surface area (Å²) in [6, 6.07) is 17.7. The van der Waals surface area contributed by atoms with Gasteiger partial charge in [-0.15, -0.1) is 0 Å². The van der Waals surface area contributed by atoms with E-state index in [0.29, 0.717) is 22.2 Å². The molecule has 0 aromatic heterocycles. The molecule has 2 amide bonds. The van der Waals surface area contributed by atoms with E-state index in [2.05, 4.69) is 5.32 Å². The molecule has 0 aliphatic heterocycles. The first-order chi connectivity index (χ1) is 16.3. The highest BCUT2D eigenvalue weighted by atomic mass is 35.5. The number of carbonyl (C=O) groups is 2. The van der Waals surface area contributed by atoms with Crippen molar-refractivity contribution in [3.8, 4) is 0 Å². The Morgan fingerprint density at radius 3 is 2.35 bits per heavy atom. The molecule has 0 fully saturated rings. The van der Waals surface area contributed by atoms with Crippen LogP contribution < -0.4 is 5.32 Å². The van der Waals surface area contributed by atoms with E-state index in [1.807, 2.05) is 30.3 Å². The van der Waals surface area contributed by atoms with Crippen LogP contribution in [0.5, 0.6) is 0 Å². The van der Waals surface area contributed by atoms with Crippen molar-refractivity contribution in [3.05, 3.63) is 104 Å². The van der Waals surface area contributed by atoms with Crippen LogP contribution in [-0.4, -0.2) is 29.3 Å². The predicted octanol–water partition coefficient (Wildman–Crippen LogP) is 6.10. The lowest BCUT2D eigenvalue weighted by Gasteiger charge is -2.32. The van der Waals surface area contributed by atoms with Crippen LogP contribution in [0, 0.1) is 5.82 Å². The zero-order valence-electron chi connectivity index (χ0n) is 18.5. The van der Waals surface area contributed by atoms with Crippen LogP contribution in [0.4, 0.5) is 4.39 Å². The topological polar surface area (TPSA) is 49.4 Å². The Bertz CT molecular complexity index is 1140. The second kappa shape index (κ2) is 12.2. The van der Waals surface area contributed by atoms with Crippen LogP contribution in [0.2, 0.25) is 15.1 Å². The van der Waals surface area contributed by atoms with Gasteiger partial charge in [0.1, 0.15) is 11.9 Å². The van der Waals surface area contributed by atoms with Gasteiger partial charge >= 0.3 is 0 Å². The van der Waals surface area contributed by atoms with Crippen molar-refractivity contribution in [2.75, 3.05) is 6.54 Å². The van der Waals surface area contributed by atoms with E-state index in [-0.39, 0.29) is 35.9 Å². The molecule has 0 spiro atoms. The average Bonchev–Trinajstić information content (AvgIpc) is 2.80. The summed E-state index contributed by atoms with van der Waals surface area (Å²) < 4.78 is 14.5. The van der Waals surface area contributed by atoms with E-state index >= 15 is 0 Å². The Labute approximate surface area is 213 Å². The molecule has 3 rings (SSSR count). The number of amides is 2. The summed E-state index contributed by atoms with van der Waals surface area (Å²) in [5, 5.41) is 3.78. The molecule has 8 heteroatoms. The zero-order valence-corrected chi connectivity index (χ0v) is 20.8. The van der Waals surface area contributed by atoms with Gasteiger partial charge in [-0.05, 0) is 42.3 Å². The maximum atomic E-state index is 14.5. The molecule has 178 valence electrons. The SMILES string of the molecule is CCNC(=O)[C@@H](Cc1ccccc1)N(Cc1ccc(Cl)cc1Cl)C(=O)Cc1c(F)cccc1Cl. The average molecular weight is 522 g/mol. The van der Waals surface area contributed by atoms with Gasteiger partial charge < -0.3 is 10.2 Å². The number of rotatable bonds is 9. The van der Waals surface area contributed by atoms with E-state index in [1.165, 1.54) is 23.1 Å². The number of hydrogen-bond acceptors (Lipinski definition) is 2. The third kappa shape index (κ3) is 6.72. The Morgan fingerprint density at radius 2 is 1.71 bits per heavy atom. The van der Waals surface area contributed by atoms with Crippen molar-refractivity contribution in [1.82, 2.24) is 10.2 Å². The number of nitrogens with zero attached hydrogens (tertiary/aromatic N) is 1. The molecule has 1 atom stereocenters. The van der Waals surface area contributed by atoms with Gasteiger partial charge in [-0.2, -0.15) is 0 Å². The van der Waals surface area contributed by atoms with Gasteiger partial charge in [-0.1, -0.05) is 77.3 Å². The Morgan fingerprint density at radius 1 is 0.971 bits per heavy atom. The van der Waals surface area contributed by atoms with Crippen molar-refractivity contribution >= 4 is 46.6 Å². The van der Waals surface area contributed by atoms with Gasteiger partial charge in [0.2, 0.25) is 11.8 Å². The number of benzene rings is 3. The minimum absolute atomic E-state index is 0.0372. The molecule has 0 aliphatic rings. The van der Waals surface area contributed by atoms with E-state index < -0.39 is 17.8 Å². The molecule has 3 aromatic carbocycles. The fourth-order valence-corrected chi connectivity index (χ4v) is 4.33. The van der Waals surface area contributed by atoms with Gasteiger partial charge in [-0.3, -0.25) is 9.59 Å². The van der Waals surface area contributed by atoms with E-state index in [1.54, 1.807) is 25.1 Å². The van der Waals surface area contributed by atoms with Crippen LogP contribution >= 0.6 is 34.8 Å². The van der Waals surface area contributed by atoms with Crippen LogP contribution in [0.1, 0.15) is 23.6 Å². The van der Waals surface area contributed by atoms with Crippen molar-refractivity contribution < 1.29 is 14.0 Å². The molecule has 0 bridgehead atoms. The summed E-state index contributed by atoms with van der Waals surface area (Å²) in [6.07, 6.45) is -0.0317. The van der Waals surface area contributed by atoms with Crippen LogP contribution in [0.3, 0.4) is 0 Å². The lowest BCUT2D eigenvalue weighted by Crippen LogP contribution is -2.51. The summed E-state index contributed by atoms with van der Waals surface area (Å²) in [4.78, 5) is 28.2. The van der Waals surface area contributed by atoms with Crippen molar-refractivity contribution in [2.24, 2.45) is 0 Å². The maximum absolute atomic E-state index is 14.5. The third-order valence-electron chi connectivity index (χ3n) is 5.37. The fraction of sp³-hybridized carbons (Fsp3) is 0.231. The Balaban J connectivity index is 2.02. The molecule has 34 heavy (non-hydrogen) atoms. The molecular weight excluding hydrogens is 498 g/mol. The highest BCUT2D eigenvalue weighted by Gasteiger charge is 2.31. The molecular formula is C26H24Cl3FN2O2. The summed E-state index contributed by atoms with van der Waals surface area (Å²) in [5.74, 6) is -1.35. The molecule has 1 N–H and O–H groups in total. The summed E-state index contributed by atoms with van der Waals surface area (Å²) in [7, 11) is 0. The van der Waals surface area contributed by atoms with Crippen molar-refractivity contribution in [3.63, 3.8) is 0 Å². The molecule has 0 aliphatic carbocycles. The summed E-state index contributed by atoms with van der Waals surface area (Å²) in [6.45, 7) is 2.24. The highest BCUT2D eigenvalue weighted by molar-refractivity contribution is 6.35. The molecule has 0 unspecified atom stereocenters. The largest absolute Gasteiger partial charge is 0.355 e. The van der Waals surface area contributed by atoms with Crippen LogP contribution in [0.25, 0.3) is 0 Å². The van der Waals surface area contributed by atoms with E-state index in [0.717, 1.165) is 5.56 Å². The molecule has 4 nitrogen and oxygen atoms in total. The fourth-order valence-electron chi connectivity index (χ4n) is 3.63. The number of likely N-dealkylation sites (N-methyl/N-ethyl adjacent to an activating group) is 1. The molecule has 3 aromatic rings. The van der Waals surface area contributed by atoms with E-state index in [9.17, 15) is 14.0 Å². The summed E-state index contributed by atoms with van der Waals surface area (Å²) >= 11 is 18.6. The van der Waals surface area contributed by atoms with E-state index in [4.69, 9.17) is 34.8 Å². The first kappa shape index (κ1) is 26.0. The first-order valence-electron chi connectivity index (χ1n) is 10.8. The molecule has 0 saturated heterocycles. The van der Waals surface area contributed by atoms with Crippen LogP contribution in [-0.2, 0) is 29.0 Å². The number of carbonyl (C=O) groups excluding carboxylic acids is 2. The second-order valence-electron chi connectivity index (χ2n) is 7.73. The summed E-state index contributed by atoms with van der Waals surface area (Å²) in [5.41, 5.74) is 1.57. The monoisotopic (exact) mass is 520 g/mol. The normalized spacial score (nSPS) is 11.7. The first-order valence-corrected chi connectivity index (χ1v) is 11.9. The smallest absolute Gasteiger partial charge is 0.243 e. The van der Waals surface area contributed by atoms with Gasteiger partial charge in [0.05, 0.1) is 6.42 Å². The number of nitrogens with one attached hydrogen (secondary N) is 1. The lowest BCUT2D eigenvalue weighted by molar-refractivity contribution is -0.140. The van der Waals surface area contributed by atoms with Gasteiger partial charge in [0.25, 0.3) is 0 Å². The third-order valence-corrected chi connectivity index (χ3v) is 6.31. The maximum Gasteiger partial charge on any atom is 0.243 e. The molecule has 0 saturated carbocycles. The lowest BCUT2D eigenvalue weighted by atomic mass is 10.0. The Hall–Kier alpha value is -2.60. The quantitative estimate of drug-likeness (QED) is 0.370. The molecule has 0 radical (unpaired) electrons. The van der Waals surface area contributed by atoms with Gasteiger partial charge in [-0.25, -0.2) is 4.39 Å². The van der Waals surface area contributed by atoms with Crippen LogP contribution in [0.15, 0.2) is 66.7 Å². The highest BCUT2D eigenvalue weighted by Crippen LogP contribution is 2.26. The van der Waals surface area contributed by atoms with Crippen molar-refractivity contribution in [1.29, 1.82) is 0 Å². The van der Waals surface area contributed by atoms with Crippen molar-refractivity contribution in [2.45, 2.75) is 32.4 Å². The minimum atomic E-state index is -0.854. The van der Waals surface area contributed by atoms with Gasteiger partial charge in [0.15, 0.2) is 0 Å². The second-order valence-corrected chi connectivity index (χ2v) is 8.99.